The van der Waals surface area contributed by atoms with Crippen molar-refractivity contribution >= 4 is 0 Å². The summed E-state index contributed by atoms with van der Waals surface area (Å²) in [4.78, 5) is 0. The molecular weight excluding hydrogens is 264 g/mol. The highest BCUT2D eigenvalue weighted by Gasteiger charge is 2.55. The maximum Gasteiger partial charge on any atom is 0.157 e. The largest absolute Gasteiger partial charge is 0.389 e. The van der Waals surface area contributed by atoms with E-state index in [0.717, 1.165) is 12.8 Å². The molecule has 0 unspecified atom stereocenters. The number of hydrogen-bond acceptors (Lipinski definition) is 3. The van der Waals surface area contributed by atoms with Gasteiger partial charge in [0.1, 0.15) is 0 Å². The van der Waals surface area contributed by atoms with Gasteiger partial charge in [-0.05, 0) is 48.9 Å². The van der Waals surface area contributed by atoms with Crippen LogP contribution in [0.5, 0.6) is 0 Å². The van der Waals surface area contributed by atoms with E-state index in [-0.39, 0.29) is 23.2 Å². The van der Waals surface area contributed by atoms with Crippen LogP contribution in [0, 0.1) is 22.7 Å². The van der Waals surface area contributed by atoms with Gasteiger partial charge in [-0.1, -0.05) is 32.4 Å². The molecule has 2 aliphatic rings. The number of methoxy groups -OCH3 is 2. The fourth-order valence-corrected chi connectivity index (χ4v) is 4.85. The molecule has 3 heteroatoms. The number of rotatable bonds is 4. The van der Waals surface area contributed by atoms with Gasteiger partial charge in [0, 0.05) is 20.6 Å². The minimum absolute atomic E-state index is 0.125. The van der Waals surface area contributed by atoms with Gasteiger partial charge in [-0.3, -0.25) is 0 Å². The van der Waals surface area contributed by atoms with E-state index in [1.807, 2.05) is 0 Å². The monoisotopic (exact) mass is 296 g/mol. The quantitative estimate of drug-likeness (QED) is 0.634. The molecule has 21 heavy (non-hydrogen) atoms. The molecule has 0 radical (unpaired) electrons. The van der Waals surface area contributed by atoms with Crippen molar-refractivity contribution in [2.75, 3.05) is 14.2 Å². The lowest BCUT2D eigenvalue weighted by Crippen LogP contribution is -2.52. The summed E-state index contributed by atoms with van der Waals surface area (Å²) in [6.45, 7) is 9.29. The summed E-state index contributed by atoms with van der Waals surface area (Å²) in [5.74, 6) is 1.09. The van der Waals surface area contributed by atoms with Crippen LogP contribution in [0.25, 0.3) is 0 Å². The van der Waals surface area contributed by atoms with Crippen molar-refractivity contribution in [2.45, 2.75) is 65.8 Å². The molecule has 1 N–H and O–H groups in total. The van der Waals surface area contributed by atoms with Crippen molar-refractivity contribution in [3.63, 3.8) is 0 Å². The summed E-state index contributed by atoms with van der Waals surface area (Å²) in [7, 11) is 3.43. The second-order valence-electron chi connectivity index (χ2n) is 7.67. The van der Waals surface area contributed by atoms with Crippen LogP contribution in [0.4, 0.5) is 0 Å². The Morgan fingerprint density at radius 3 is 2.52 bits per heavy atom. The molecule has 0 heterocycles. The van der Waals surface area contributed by atoms with Crippen molar-refractivity contribution in [1.82, 2.24) is 0 Å². The topological polar surface area (TPSA) is 38.7 Å². The van der Waals surface area contributed by atoms with Gasteiger partial charge < -0.3 is 14.6 Å². The summed E-state index contributed by atoms with van der Waals surface area (Å²) >= 11 is 0. The SMILES string of the molecule is COC(C[C@@]1(C)[C@H](C)CC[C@@]2(C)C(C)=C[C@H](O)C[C@H]12)OC. The zero-order chi connectivity index (χ0) is 15.8. The minimum atomic E-state index is -0.309. The Labute approximate surface area is 129 Å². The minimum Gasteiger partial charge on any atom is -0.389 e. The molecule has 1 saturated carbocycles. The van der Waals surface area contributed by atoms with Crippen LogP contribution in [-0.2, 0) is 9.47 Å². The van der Waals surface area contributed by atoms with Gasteiger partial charge in [-0.15, -0.1) is 0 Å². The van der Waals surface area contributed by atoms with E-state index in [4.69, 9.17) is 9.47 Å². The van der Waals surface area contributed by atoms with E-state index >= 15 is 0 Å². The summed E-state index contributed by atoms with van der Waals surface area (Å²) in [6, 6.07) is 0. The van der Waals surface area contributed by atoms with Crippen LogP contribution in [0.3, 0.4) is 0 Å². The highest BCUT2D eigenvalue weighted by atomic mass is 16.7. The molecule has 0 aromatic carbocycles. The van der Waals surface area contributed by atoms with Crippen LogP contribution >= 0.6 is 0 Å². The maximum atomic E-state index is 10.3. The molecule has 5 atom stereocenters. The standard InChI is InChI=1S/C18H32O3/c1-12-7-8-17(3)13(2)9-14(19)10-15(17)18(12,4)11-16(20-5)21-6/h9,12,14-16,19H,7-8,10-11H2,1-6H3/t12-,14+,15+,17+,18+/m1/s1. The number of hydrogen-bond donors (Lipinski definition) is 1. The lowest BCUT2D eigenvalue weighted by molar-refractivity contribution is -0.161. The van der Waals surface area contributed by atoms with E-state index in [9.17, 15) is 5.11 Å². The Kier molecular flexibility index (Phi) is 4.87. The van der Waals surface area contributed by atoms with Crippen LogP contribution in [0.1, 0.15) is 53.4 Å². The van der Waals surface area contributed by atoms with E-state index in [0.29, 0.717) is 11.8 Å². The Morgan fingerprint density at radius 2 is 1.95 bits per heavy atom. The zero-order valence-electron chi connectivity index (χ0n) is 14.5. The molecule has 1 fully saturated rings. The second kappa shape index (κ2) is 6.02. The normalized spacial score (nSPS) is 43.6. The molecule has 0 aromatic rings. The molecule has 2 rings (SSSR count). The molecule has 0 aliphatic heterocycles. The van der Waals surface area contributed by atoms with Crippen molar-refractivity contribution in [2.24, 2.45) is 22.7 Å². The van der Waals surface area contributed by atoms with E-state index in [2.05, 4.69) is 33.8 Å². The predicted octanol–water partition coefficient (Wildman–Crippen LogP) is 3.77. The summed E-state index contributed by atoms with van der Waals surface area (Å²) in [6.07, 6.45) is 5.78. The molecule has 0 spiro atoms. The number of allylic oxidation sites excluding steroid dienone is 1. The third-order valence-electron chi connectivity index (χ3n) is 6.74. The Morgan fingerprint density at radius 1 is 1.33 bits per heavy atom. The Bertz CT molecular complexity index is 401. The van der Waals surface area contributed by atoms with Gasteiger partial charge >= 0.3 is 0 Å². The highest BCUT2D eigenvalue weighted by Crippen LogP contribution is 2.61. The van der Waals surface area contributed by atoms with E-state index in [1.165, 1.54) is 18.4 Å². The average Bonchev–Trinajstić information content (AvgIpc) is 2.44. The number of fused-ring (bicyclic) bond motifs is 1. The predicted molar refractivity (Wildman–Crippen MR) is 84.9 cm³/mol. The first-order chi connectivity index (χ1) is 9.77. The van der Waals surface area contributed by atoms with Gasteiger partial charge in [-0.2, -0.15) is 0 Å². The molecule has 0 aromatic heterocycles. The van der Waals surface area contributed by atoms with Crippen molar-refractivity contribution < 1.29 is 14.6 Å². The molecule has 2 aliphatic carbocycles. The zero-order valence-corrected chi connectivity index (χ0v) is 14.5. The first-order valence-corrected chi connectivity index (χ1v) is 8.20. The van der Waals surface area contributed by atoms with Crippen LogP contribution in [-0.4, -0.2) is 31.7 Å². The van der Waals surface area contributed by atoms with Gasteiger partial charge in [0.2, 0.25) is 0 Å². The van der Waals surface area contributed by atoms with Crippen LogP contribution in [0.15, 0.2) is 11.6 Å². The van der Waals surface area contributed by atoms with Crippen molar-refractivity contribution in [3.8, 4) is 0 Å². The first-order valence-electron chi connectivity index (χ1n) is 8.20. The van der Waals surface area contributed by atoms with Crippen LogP contribution < -0.4 is 0 Å². The first kappa shape index (κ1) is 17.0. The third kappa shape index (κ3) is 2.80. The molecule has 0 amide bonds. The fraction of sp³-hybridized carbons (Fsp3) is 0.889. The molecule has 0 bridgehead atoms. The molecule has 0 saturated heterocycles. The number of aliphatic hydroxyl groups excluding tert-OH is 1. The Hall–Kier alpha value is -0.380. The van der Waals surface area contributed by atoms with Gasteiger partial charge in [-0.25, -0.2) is 0 Å². The van der Waals surface area contributed by atoms with E-state index < -0.39 is 0 Å². The van der Waals surface area contributed by atoms with Gasteiger partial charge in [0.25, 0.3) is 0 Å². The second-order valence-corrected chi connectivity index (χ2v) is 7.67. The number of aliphatic hydroxyl groups is 1. The summed E-state index contributed by atoms with van der Waals surface area (Å²) in [5.41, 5.74) is 1.68. The van der Waals surface area contributed by atoms with Crippen LogP contribution in [0.2, 0.25) is 0 Å². The number of ether oxygens (including phenoxy) is 2. The fourth-order valence-electron chi connectivity index (χ4n) is 4.85. The van der Waals surface area contributed by atoms with Crippen molar-refractivity contribution in [3.05, 3.63) is 11.6 Å². The van der Waals surface area contributed by atoms with Crippen molar-refractivity contribution in [1.29, 1.82) is 0 Å². The lowest BCUT2D eigenvalue weighted by Gasteiger charge is -2.58. The molecule has 3 nitrogen and oxygen atoms in total. The van der Waals surface area contributed by atoms with E-state index in [1.54, 1.807) is 14.2 Å². The summed E-state index contributed by atoms with van der Waals surface area (Å²) in [5, 5.41) is 10.3. The smallest absolute Gasteiger partial charge is 0.157 e. The Balaban J connectivity index is 2.36. The average molecular weight is 296 g/mol. The highest BCUT2D eigenvalue weighted by molar-refractivity contribution is 5.23. The molecule has 122 valence electrons. The summed E-state index contributed by atoms with van der Waals surface area (Å²) < 4.78 is 11.0. The third-order valence-corrected chi connectivity index (χ3v) is 6.74. The lowest BCUT2D eigenvalue weighted by atomic mass is 9.47. The van der Waals surface area contributed by atoms with Gasteiger partial charge in [0.15, 0.2) is 6.29 Å². The van der Waals surface area contributed by atoms with Gasteiger partial charge in [0.05, 0.1) is 6.10 Å². The molecular formula is C18H32O3. The maximum absolute atomic E-state index is 10.3.